The summed E-state index contributed by atoms with van der Waals surface area (Å²) >= 11 is 0. The van der Waals surface area contributed by atoms with Crippen LogP contribution >= 0.6 is 0 Å². The number of sulfonamides is 1. The molecule has 1 aromatic heterocycles. The summed E-state index contributed by atoms with van der Waals surface area (Å²) in [6.45, 7) is 3.90. The molecule has 1 aliphatic heterocycles. The Morgan fingerprint density at radius 3 is 2.40 bits per heavy atom. The average Bonchev–Trinajstić information content (AvgIpc) is 2.97. The molecule has 2 atom stereocenters. The van der Waals surface area contributed by atoms with Gasteiger partial charge >= 0.3 is 12.1 Å². The van der Waals surface area contributed by atoms with E-state index in [1.807, 2.05) is 37.3 Å². The van der Waals surface area contributed by atoms with Gasteiger partial charge in [-0.05, 0) is 67.5 Å². The minimum Gasteiger partial charge on any atom is -0.512 e. The number of ether oxygens (including phenoxy) is 1. The molecule has 2 N–H and O–H groups in total. The van der Waals surface area contributed by atoms with Crippen LogP contribution in [0, 0.1) is 0 Å². The maximum Gasteiger partial charge on any atom is 0.417 e. The zero-order valence-electron chi connectivity index (χ0n) is 24.0. The molecule has 0 bridgehead atoms. The number of carbonyl (C=O) groups is 1. The molecule has 0 radical (unpaired) electrons. The summed E-state index contributed by atoms with van der Waals surface area (Å²) in [4.78, 5) is 17.0. The Morgan fingerprint density at radius 2 is 1.79 bits per heavy atom. The van der Waals surface area contributed by atoms with E-state index in [9.17, 15) is 31.5 Å². The number of nitrogens with zero attached hydrogens (tertiary/aromatic N) is 1. The third kappa shape index (κ3) is 7.76. The molecule has 0 spiro atoms. The Hall–Kier alpha value is -3.86. The number of nitrogens with one attached hydrogen (secondary N) is 1. The Kier molecular flexibility index (Phi) is 9.84. The van der Waals surface area contributed by atoms with E-state index in [4.69, 9.17) is 4.74 Å². The number of halogens is 3. The molecule has 7 nitrogen and oxygen atoms in total. The molecule has 2 aromatic carbocycles. The van der Waals surface area contributed by atoms with E-state index in [1.54, 1.807) is 12.1 Å². The van der Waals surface area contributed by atoms with Crippen molar-refractivity contribution < 1.29 is 36.2 Å². The highest BCUT2D eigenvalue weighted by Gasteiger charge is 2.43. The summed E-state index contributed by atoms with van der Waals surface area (Å²) in [5.74, 6) is -1.22. The van der Waals surface area contributed by atoms with Crippen LogP contribution in [0.1, 0.15) is 75.0 Å². The SMILES string of the molecule is CCCC[C@@]1(CCc2ccccc2)CC(O)=C([C@@H](CC)c2cccc(NS(=O)(=O)c3ccc(C(F)(F)F)cn3)c2)C(=O)O1. The fourth-order valence-corrected chi connectivity index (χ4v) is 6.39. The Balaban J connectivity index is 1.57. The minimum absolute atomic E-state index is 0.0350. The standard InChI is InChI=1S/C32H35F3N2O5S/c1-3-5-17-31(18-16-22-10-7-6-8-11-22)20-27(38)29(30(39)42-31)26(4-2)23-12-9-13-25(19-23)37-43(40,41)28-15-14-24(21-36-28)32(33,34)35/h6-15,19,21,26,37-38H,3-5,16-18,20H2,1-2H3/t26-,31+/m0/s1. The smallest absolute Gasteiger partial charge is 0.417 e. The number of alkyl halides is 3. The van der Waals surface area contributed by atoms with Gasteiger partial charge in [0.2, 0.25) is 0 Å². The molecule has 230 valence electrons. The number of pyridine rings is 1. The summed E-state index contributed by atoms with van der Waals surface area (Å²) in [7, 11) is -4.31. The number of carbonyl (C=O) groups excluding carboxylic acids is 1. The number of aliphatic hydroxyl groups excluding tert-OH is 1. The lowest BCUT2D eigenvalue weighted by atomic mass is 9.79. The molecular formula is C32H35F3N2O5S. The molecular weight excluding hydrogens is 581 g/mol. The zero-order chi connectivity index (χ0) is 31.3. The summed E-state index contributed by atoms with van der Waals surface area (Å²) in [5.41, 5.74) is 0.0418. The third-order valence-corrected chi connectivity index (χ3v) is 8.96. The second-order valence-corrected chi connectivity index (χ2v) is 12.4. The molecule has 0 amide bonds. The first-order valence-corrected chi connectivity index (χ1v) is 15.7. The van der Waals surface area contributed by atoms with Crippen molar-refractivity contribution in [3.05, 3.63) is 101 Å². The Labute approximate surface area is 249 Å². The van der Waals surface area contributed by atoms with Crippen molar-refractivity contribution >= 4 is 21.7 Å². The number of benzene rings is 2. The van der Waals surface area contributed by atoms with Gasteiger partial charge < -0.3 is 9.84 Å². The lowest BCUT2D eigenvalue weighted by Crippen LogP contribution is -2.41. The van der Waals surface area contributed by atoms with Gasteiger partial charge in [-0.2, -0.15) is 21.6 Å². The van der Waals surface area contributed by atoms with E-state index in [0.717, 1.165) is 24.5 Å². The monoisotopic (exact) mass is 616 g/mol. The minimum atomic E-state index is -4.65. The van der Waals surface area contributed by atoms with E-state index in [1.165, 1.54) is 12.1 Å². The van der Waals surface area contributed by atoms with Crippen molar-refractivity contribution in [3.8, 4) is 0 Å². The zero-order valence-corrected chi connectivity index (χ0v) is 24.8. The van der Waals surface area contributed by atoms with E-state index in [0.29, 0.717) is 43.5 Å². The highest BCUT2D eigenvalue weighted by molar-refractivity contribution is 7.92. The molecule has 11 heteroatoms. The number of unbranched alkanes of at least 4 members (excludes halogenated alkanes) is 1. The fourth-order valence-electron chi connectivity index (χ4n) is 5.41. The molecule has 2 heterocycles. The van der Waals surface area contributed by atoms with E-state index >= 15 is 0 Å². The maximum absolute atomic E-state index is 13.5. The summed E-state index contributed by atoms with van der Waals surface area (Å²) in [6, 6.07) is 17.6. The first-order chi connectivity index (χ1) is 20.4. The van der Waals surface area contributed by atoms with Crippen LogP contribution in [-0.2, 0) is 32.2 Å². The predicted octanol–water partition coefficient (Wildman–Crippen LogP) is 7.72. The lowest BCUT2D eigenvalue weighted by Gasteiger charge is -2.39. The largest absolute Gasteiger partial charge is 0.512 e. The van der Waals surface area contributed by atoms with Crippen LogP contribution < -0.4 is 4.72 Å². The van der Waals surface area contributed by atoms with Crippen molar-refractivity contribution in [1.29, 1.82) is 0 Å². The number of aromatic nitrogens is 1. The average molecular weight is 617 g/mol. The predicted molar refractivity (Wildman–Crippen MR) is 157 cm³/mol. The fraction of sp³-hybridized carbons (Fsp3) is 0.375. The maximum atomic E-state index is 13.5. The van der Waals surface area contributed by atoms with Crippen LogP contribution in [0.4, 0.5) is 18.9 Å². The van der Waals surface area contributed by atoms with Crippen LogP contribution in [0.3, 0.4) is 0 Å². The quantitative estimate of drug-likeness (QED) is 0.202. The molecule has 0 fully saturated rings. The number of anilines is 1. The van der Waals surface area contributed by atoms with Crippen LogP contribution in [0.25, 0.3) is 0 Å². The second-order valence-electron chi connectivity index (χ2n) is 10.8. The molecule has 1 aliphatic rings. The Bertz CT molecular complexity index is 1560. The molecule has 0 unspecified atom stereocenters. The number of esters is 1. The number of cyclic esters (lactones) is 1. The summed E-state index contributed by atoms with van der Waals surface area (Å²) < 4.78 is 72.8. The Morgan fingerprint density at radius 1 is 1.05 bits per heavy atom. The lowest BCUT2D eigenvalue weighted by molar-refractivity contribution is -0.161. The number of rotatable bonds is 12. The molecule has 43 heavy (non-hydrogen) atoms. The van der Waals surface area contributed by atoms with Gasteiger partial charge in [0.1, 0.15) is 11.4 Å². The highest BCUT2D eigenvalue weighted by Crippen LogP contribution is 2.42. The molecule has 3 aromatic rings. The van der Waals surface area contributed by atoms with Gasteiger partial charge in [-0.1, -0.05) is 62.7 Å². The van der Waals surface area contributed by atoms with Crippen molar-refractivity contribution in [1.82, 2.24) is 4.98 Å². The number of aryl methyl sites for hydroxylation is 1. The summed E-state index contributed by atoms with van der Waals surface area (Å²) in [5, 5.41) is 10.7. The number of hydrogen-bond donors (Lipinski definition) is 2. The van der Waals surface area contributed by atoms with Crippen LogP contribution in [-0.4, -0.2) is 30.1 Å². The molecule has 0 saturated carbocycles. The number of hydrogen-bond acceptors (Lipinski definition) is 6. The van der Waals surface area contributed by atoms with Crippen molar-refractivity contribution in [2.24, 2.45) is 0 Å². The normalized spacial score (nSPS) is 18.3. The summed E-state index contributed by atoms with van der Waals surface area (Å²) in [6.07, 6.45) is 0.0144. The van der Waals surface area contributed by atoms with E-state index < -0.39 is 44.3 Å². The second kappa shape index (κ2) is 13.2. The van der Waals surface area contributed by atoms with Gasteiger partial charge in [0.25, 0.3) is 10.0 Å². The van der Waals surface area contributed by atoms with Gasteiger partial charge in [-0.25, -0.2) is 9.78 Å². The van der Waals surface area contributed by atoms with Gasteiger partial charge in [-0.15, -0.1) is 0 Å². The van der Waals surface area contributed by atoms with Crippen molar-refractivity contribution in [3.63, 3.8) is 0 Å². The van der Waals surface area contributed by atoms with Gasteiger partial charge in [0, 0.05) is 24.2 Å². The van der Waals surface area contributed by atoms with Crippen LogP contribution in [0.15, 0.2) is 89.3 Å². The van der Waals surface area contributed by atoms with Crippen LogP contribution in [0.5, 0.6) is 0 Å². The van der Waals surface area contributed by atoms with Crippen molar-refractivity contribution in [2.75, 3.05) is 4.72 Å². The van der Waals surface area contributed by atoms with Gasteiger partial charge in [-0.3, -0.25) is 4.72 Å². The van der Waals surface area contributed by atoms with E-state index in [2.05, 4.69) is 16.6 Å². The topological polar surface area (TPSA) is 106 Å². The molecule has 4 rings (SSSR count). The van der Waals surface area contributed by atoms with E-state index in [-0.39, 0.29) is 23.4 Å². The molecule has 0 aliphatic carbocycles. The molecule has 0 saturated heterocycles. The first-order valence-electron chi connectivity index (χ1n) is 14.2. The van der Waals surface area contributed by atoms with Gasteiger partial charge in [0.05, 0.1) is 11.1 Å². The highest BCUT2D eigenvalue weighted by atomic mass is 32.2. The van der Waals surface area contributed by atoms with Crippen molar-refractivity contribution in [2.45, 2.75) is 81.5 Å². The first kappa shape index (κ1) is 32.1. The van der Waals surface area contributed by atoms with Crippen LogP contribution in [0.2, 0.25) is 0 Å². The third-order valence-electron chi connectivity index (χ3n) is 7.66. The van der Waals surface area contributed by atoms with Gasteiger partial charge in [0.15, 0.2) is 5.03 Å². The number of aliphatic hydroxyl groups is 1.